The summed E-state index contributed by atoms with van der Waals surface area (Å²) in [5, 5.41) is 6.23. The van der Waals surface area contributed by atoms with E-state index in [1.54, 1.807) is 36.0 Å². The van der Waals surface area contributed by atoms with Crippen molar-refractivity contribution in [3.8, 4) is 0 Å². The highest BCUT2D eigenvalue weighted by Crippen LogP contribution is 2.20. The van der Waals surface area contributed by atoms with E-state index >= 15 is 0 Å². The molecule has 0 aliphatic carbocycles. The molecule has 7 heteroatoms. The van der Waals surface area contributed by atoms with Crippen molar-refractivity contribution in [1.82, 2.24) is 15.5 Å². The largest absolute Gasteiger partial charge is 0.399 e. The van der Waals surface area contributed by atoms with Crippen molar-refractivity contribution >= 4 is 29.3 Å². The summed E-state index contributed by atoms with van der Waals surface area (Å²) in [6, 6.07) is 6.76. The van der Waals surface area contributed by atoms with E-state index in [9.17, 15) is 9.59 Å². The highest BCUT2D eigenvalue weighted by molar-refractivity contribution is 7.99. The molecule has 1 aromatic carbocycles. The molecule has 4 N–H and O–H groups in total. The van der Waals surface area contributed by atoms with E-state index in [2.05, 4.69) is 10.6 Å². The number of thioether (sulfide) groups is 1. The van der Waals surface area contributed by atoms with Gasteiger partial charge in [-0.15, -0.1) is 11.8 Å². The van der Waals surface area contributed by atoms with E-state index < -0.39 is 0 Å². The quantitative estimate of drug-likeness (QED) is 0.699. The molecule has 6 nitrogen and oxygen atoms in total. The number of hydrogen-bond donors (Lipinski definition) is 3. The smallest absolute Gasteiger partial charge is 0.251 e. The summed E-state index contributed by atoms with van der Waals surface area (Å²) in [4.78, 5) is 26.3. The number of amides is 2. The summed E-state index contributed by atoms with van der Waals surface area (Å²) in [6.07, 6.45) is 0.780. The van der Waals surface area contributed by atoms with E-state index in [1.807, 2.05) is 4.90 Å². The maximum Gasteiger partial charge on any atom is 0.251 e. The van der Waals surface area contributed by atoms with Crippen LogP contribution in [0.1, 0.15) is 16.8 Å². The van der Waals surface area contributed by atoms with Gasteiger partial charge in [0, 0.05) is 36.6 Å². The van der Waals surface area contributed by atoms with Gasteiger partial charge in [-0.25, -0.2) is 0 Å². The number of nitrogens with zero attached hydrogens (tertiary/aromatic N) is 1. The number of nitrogen functional groups attached to an aromatic ring is 1. The topological polar surface area (TPSA) is 87.5 Å². The molecule has 2 amide bonds. The second-order valence-corrected chi connectivity index (χ2v) is 7.11. The lowest BCUT2D eigenvalue weighted by molar-refractivity contribution is -0.131. The van der Waals surface area contributed by atoms with Gasteiger partial charge >= 0.3 is 0 Å². The second-order valence-electron chi connectivity index (χ2n) is 6.03. The number of nitrogens with two attached hydrogens (primary N) is 1. The molecule has 3 rings (SSSR count). The third-order valence-electron chi connectivity index (χ3n) is 4.31. The molecule has 0 radical (unpaired) electrons. The van der Waals surface area contributed by atoms with Crippen molar-refractivity contribution in [2.45, 2.75) is 12.5 Å². The molecule has 0 saturated carbocycles. The minimum Gasteiger partial charge on any atom is -0.399 e. The van der Waals surface area contributed by atoms with E-state index in [1.165, 1.54) is 0 Å². The SMILES string of the molecule is Nc1ccc(C(=O)NC[C@@H]2CN[C@H](C(=O)N3CCSC3)C2)cc1. The van der Waals surface area contributed by atoms with Crippen molar-refractivity contribution < 1.29 is 9.59 Å². The molecular formula is C16H22N4O2S. The van der Waals surface area contributed by atoms with Crippen LogP contribution in [0.3, 0.4) is 0 Å². The average Bonchev–Trinajstić information content (AvgIpc) is 3.24. The third-order valence-corrected chi connectivity index (χ3v) is 5.27. The fourth-order valence-electron chi connectivity index (χ4n) is 2.93. The molecule has 124 valence electrons. The number of hydrogen-bond acceptors (Lipinski definition) is 5. The zero-order valence-electron chi connectivity index (χ0n) is 13.0. The number of carbonyl (C=O) groups excluding carboxylic acids is 2. The molecule has 2 atom stereocenters. The van der Waals surface area contributed by atoms with Gasteiger partial charge in [-0.3, -0.25) is 9.59 Å². The highest BCUT2D eigenvalue weighted by atomic mass is 32.2. The van der Waals surface area contributed by atoms with Gasteiger partial charge in [-0.05, 0) is 36.6 Å². The van der Waals surface area contributed by atoms with Crippen LogP contribution in [-0.4, -0.2) is 54.0 Å². The van der Waals surface area contributed by atoms with Crippen LogP contribution in [-0.2, 0) is 4.79 Å². The summed E-state index contributed by atoms with van der Waals surface area (Å²) in [5.41, 5.74) is 6.86. The predicted molar refractivity (Wildman–Crippen MR) is 92.1 cm³/mol. The Morgan fingerprint density at radius 3 is 2.83 bits per heavy atom. The molecule has 2 fully saturated rings. The Morgan fingerprint density at radius 2 is 2.13 bits per heavy atom. The number of nitrogens with one attached hydrogen (secondary N) is 2. The van der Waals surface area contributed by atoms with E-state index in [4.69, 9.17) is 5.73 Å². The Hall–Kier alpha value is -1.73. The first-order valence-electron chi connectivity index (χ1n) is 7.87. The lowest BCUT2D eigenvalue weighted by atomic mass is 10.0. The van der Waals surface area contributed by atoms with Gasteiger partial charge in [0.1, 0.15) is 0 Å². The van der Waals surface area contributed by atoms with Crippen LogP contribution in [0.5, 0.6) is 0 Å². The first-order chi connectivity index (χ1) is 11.1. The van der Waals surface area contributed by atoms with Gasteiger partial charge in [0.05, 0.1) is 11.9 Å². The third kappa shape index (κ3) is 3.97. The number of anilines is 1. The zero-order valence-corrected chi connectivity index (χ0v) is 13.8. The van der Waals surface area contributed by atoms with Crippen molar-refractivity contribution in [1.29, 1.82) is 0 Å². The van der Waals surface area contributed by atoms with Crippen molar-refractivity contribution in [2.75, 3.05) is 37.0 Å². The molecule has 0 bridgehead atoms. The molecule has 2 saturated heterocycles. The fourth-order valence-corrected chi connectivity index (χ4v) is 3.89. The summed E-state index contributed by atoms with van der Waals surface area (Å²) in [7, 11) is 0. The normalized spacial score (nSPS) is 23.9. The maximum atomic E-state index is 12.3. The molecular weight excluding hydrogens is 312 g/mol. The Morgan fingerprint density at radius 1 is 1.35 bits per heavy atom. The minimum absolute atomic E-state index is 0.101. The standard InChI is InChI=1S/C16H22N4O2S/c17-13-3-1-12(2-4-13)15(21)19-9-11-7-14(18-8-11)16(22)20-5-6-23-10-20/h1-4,11,14,18H,5-10,17H2,(H,19,21)/t11-,14-/m0/s1. The van der Waals surface area contributed by atoms with Crippen molar-refractivity contribution in [2.24, 2.45) is 5.92 Å². The van der Waals surface area contributed by atoms with Gasteiger partial charge in [0.15, 0.2) is 0 Å². The van der Waals surface area contributed by atoms with Crippen molar-refractivity contribution in [3.05, 3.63) is 29.8 Å². The number of benzene rings is 1. The predicted octanol–water partition coefficient (Wildman–Crippen LogP) is 0.510. The average molecular weight is 334 g/mol. The van der Waals surface area contributed by atoms with Crippen LogP contribution in [0.2, 0.25) is 0 Å². The molecule has 0 spiro atoms. The van der Waals surface area contributed by atoms with Gasteiger partial charge in [-0.1, -0.05) is 0 Å². The van der Waals surface area contributed by atoms with Gasteiger partial charge in [0.2, 0.25) is 5.91 Å². The minimum atomic E-state index is -0.105. The van der Waals surface area contributed by atoms with Crippen LogP contribution in [0.4, 0.5) is 5.69 Å². The van der Waals surface area contributed by atoms with Crippen LogP contribution in [0.15, 0.2) is 24.3 Å². The molecule has 2 aliphatic rings. The van der Waals surface area contributed by atoms with Crippen LogP contribution in [0, 0.1) is 5.92 Å². The highest BCUT2D eigenvalue weighted by Gasteiger charge is 2.33. The molecule has 0 aromatic heterocycles. The zero-order chi connectivity index (χ0) is 16.2. The monoisotopic (exact) mass is 334 g/mol. The lowest BCUT2D eigenvalue weighted by Crippen LogP contribution is -2.42. The van der Waals surface area contributed by atoms with E-state index in [-0.39, 0.29) is 23.8 Å². The second kappa shape index (κ2) is 7.23. The van der Waals surface area contributed by atoms with Crippen LogP contribution < -0.4 is 16.4 Å². The summed E-state index contributed by atoms with van der Waals surface area (Å²) in [5.74, 6) is 2.21. The molecule has 0 unspecified atom stereocenters. The Kier molecular flexibility index (Phi) is 5.07. The summed E-state index contributed by atoms with van der Waals surface area (Å²) >= 11 is 1.79. The number of carbonyl (C=O) groups is 2. The molecule has 2 aliphatic heterocycles. The van der Waals surface area contributed by atoms with E-state index in [0.29, 0.717) is 17.8 Å². The van der Waals surface area contributed by atoms with Crippen LogP contribution in [0.25, 0.3) is 0 Å². The summed E-state index contributed by atoms with van der Waals surface area (Å²) < 4.78 is 0. The summed E-state index contributed by atoms with van der Waals surface area (Å²) in [6.45, 7) is 2.19. The van der Waals surface area contributed by atoms with Crippen molar-refractivity contribution in [3.63, 3.8) is 0 Å². The molecule has 1 aromatic rings. The van der Waals surface area contributed by atoms with Gasteiger partial charge in [0.25, 0.3) is 5.91 Å². The lowest BCUT2D eigenvalue weighted by Gasteiger charge is -2.19. The molecule has 2 heterocycles. The van der Waals surface area contributed by atoms with Gasteiger partial charge in [-0.2, -0.15) is 0 Å². The Bertz CT molecular complexity index is 572. The van der Waals surface area contributed by atoms with Gasteiger partial charge < -0.3 is 21.3 Å². The Balaban J connectivity index is 1.45. The first-order valence-corrected chi connectivity index (χ1v) is 9.02. The number of rotatable bonds is 4. The fraction of sp³-hybridized carbons (Fsp3) is 0.500. The molecule has 23 heavy (non-hydrogen) atoms. The first kappa shape index (κ1) is 16.1. The van der Waals surface area contributed by atoms with Crippen LogP contribution >= 0.6 is 11.8 Å². The maximum absolute atomic E-state index is 12.3. The Labute approximate surface area is 140 Å². The van der Waals surface area contributed by atoms with E-state index in [0.717, 1.165) is 31.1 Å².